The fourth-order valence-electron chi connectivity index (χ4n) is 0.927. The van der Waals surface area contributed by atoms with Crippen LogP contribution in [0.3, 0.4) is 0 Å². The zero-order valence-corrected chi connectivity index (χ0v) is 7.89. The fourth-order valence-corrected chi connectivity index (χ4v) is 0.927. The lowest BCUT2D eigenvalue weighted by molar-refractivity contribution is 1.23. The molecule has 1 heterocycles. The lowest BCUT2D eigenvalue weighted by Gasteiger charge is -2.06. The van der Waals surface area contributed by atoms with Crippen LogP contribution in [-0.2, 0) is 0 Å². The lowest BCUT2D eigenvalue weighted by Crippen LogP contribution is -2.05. The van der Waals surface area contributed by atoms with Gasteiger partial charge in [-0.3, -0.25) is 0 Å². The number of rotatable bonds is 2. The molecule has 0 radical (unpaired) electrons. The van der Waals surface area contributed by atoms with Gasteiger partial charge in [-0.25, -0.2) is 4.98 Å². The Hall–Kier alpha value is -1.69. The Morgan fingerprint density at radius 3 is 3.08 bits per heavy atom. The van der Waals surface area contributed by atoms with Crippen LogP contribution < -0.4 is 11.1 Å². The number of hydrogen-bond acceptors (Lipinski definition) is 3. The van der Waals surface area contributed by atoms with E-state index in [1.54, 1.807) is 13.1 Å². The van der Waals surface area contributed by atoms with Crippen molar-refractivity contribution in [2.45, 2.75) is 13.8 Å². The first-order valence-electron chi connectivity index (χ1n) is 4.10. The third-order valence-corrected chi connectivity index (χ3v) is 1.73. The molecule has 0 saturated carbocycles. The molecule has 3 heteroatoms. The Balaban J connectivity index is 2.75. The predicted octanol–water partition coefficient (Wildman–Crippen LogP) is 1.41. The van der Waals surface area contributed by atoms with E-state index >= 15 is 0 Å². The number of nitrogen functional groups attached to an aromatic ring is 1. The summed E-state index contributed by atoms with van der Waals surface area (Å²) in [5, 5.41) is 3.04. The van der Waals surface area contributed by atoms with Gasteiger partial charge in [0.25, 0.3) is 0 Å². The van der Waals surface area contributed by atoms with Crippen molar-refractivity contribution in [1.82, 2.24) is 4.98 Å². The molecule has 0 aliphatic carbocycles. The molecule has 13 heavy (non-hydrogen) atoms. The summed E-state index contributed by atoms with van der Waals surface area (Å²) in [5.74, 6) is 6.39. The summed E-state index contributed by atoms with van der Waals surface area (Å²) in [5.41, 5.74) is 7.52. The fraction of sp³-hybridized carbons (Fsp3) is 0.300. The number of aromatic nitrogens is 1. The van der Waals surface area contributed by atoms with E-state index in [0.717, 1.165) is 5.56 Å². The molecule has 0 fully saturated rings. The maximum atomic E-state index is 5.79. The van der Waals surface area contributed by atoms with Crippen molar-refractivity contribution >= 4 is 11.5 Å². The van der Waals surface area contributed by atoms with Crippen LogP contribution in [0.5, 0.6) is 0 Å². The summed E-state index contributed by atoms with van der Waals surface area (Å²) in [6.07, 6.45) is 1.73. The number of nitrogens with one attached hydrogen (secondary N) is 1. The van der Waals surface area contributed by atoms with Crippen LogP contribution in [0.4, 0.5) is 11.5 Å². The molecule has 1 rings (SSSR count). The van der Waals surface area contributed by atoms with Crippen molar-refractivity contribution < 1.29 is 0 Å². The van der Waals surface area contributed by atoms with Crippen LogP contribution in [0.15, 0.2) is 12.3 Å². The molecule has 0 aliphatic rings. The summed E-state index contributed by atoms with van der Waals surface area (Å²) < 4.78 is 0. The first-order chi connectivity index (χ1) is 6.25. The maximum Gasteiger partial charge on any atom is 0.150 e. The maximum absolute atomic E-state index is 5.79. The van der Waals surface area contributed by atoms with Crippen molar-refractivity contribution in [2.75, 3.05) is 17.6 Å². The van der Waals surface area contributed by atoms with Crippen LogP contribution in [0.1, 0.15) is 12.5 Å². The molecule has 0 aromatic carbocycles. The lowest BCUT2D eigenvalue weighted by atomic mass is 10.2. The largest absolute Gasteiger partial charge is 0.396 e. The first kappa shape index (κ1) is 9.40. The second kappa shape index (κ2) is 4.36. The quantitative estimate of drug-likeness (QED) is 0.668. The van der Waals surface area contributed by atoms with E-state index in [1.165, 1.54) is 0 Å². The highest BCUT2D eigenvalue weighted by Crippen LogP contribution is 2.17. The standard InChI is InChI=1S/C10H13N3/c1-3-4-6-12-10-9(11)8(2)5-7-13-10/h5,7H,6,11H2,1-2H3,(H,12,13). The van der Waals surface area contributed by atoms with Gasteiger partial charge in [0.05, 0.1) is 12.2 Å². The minimum Gasteiger partial charge on any atom is -0.396 e. The van der Waals surface area contributed by atoms with Crippen molar-refractivity contribution in [3.8, 4) is 11.8 Å². The van der Waals surface area contributed by atoms with Crippen LogP contribution in [0.25, 0.3) is 0 Å². The molecule has 1 aromatic rings. The SMILES string of the molecule is CC#CCNc1nccc(C)c1N. The summed E-state index contributed by atoms with van der Waals surface area (Å²) in [6.45, 7) is 4.33. The van der Waals surface area contributed by atoms with Gasteiger partial charge >= 0.3 is 0 Å². The average Bonchev–Trinajstić information content (AvgIpc) is 2.13. The van der Waals surface area contributed by atoms with Gasteiger partial charge in [0.15, 0.2) is 0 Å². The Labute approximate surface area is 78.4 Å². The number of anilines is 2. The van der Waals surface area contributed by atoms with Gasteiger partial charge < -0.3 is 11.1 Å². The van der Waals surface area contributed by atoms with E-state index < -0.39 is 0 Å². The van der Waals surface area contributed by atoms with Crippen LogP contribution in [0, 0.1) is 18.8 Å². The number of hydrogen-bond donors (Lipinski definition) is 2. The van der Waals surface area contributed by atoms with Gasteiger partial charge in [0.1, 0.15) is 5.82 Å². The number of aryl methyl sites for hydroxylation is 1. The molecule has 3 N–H and O–H groups in total. The Kier molecular flexibility index (Phi) is 3.15. The number of nitrogens with two attached hydrogens (primary N) is 1. The molecule has 68 valence electrons. The molecule has 0 bridgehead atoms. The predicted molar refractivity (Wildman–Crippen MR) is 55.3 cm³/mol. The van der Waals surface area contributed by atoms with Gasteiger partial charge in [-0.05, 0) is 25.5 Å². The molecule has 0 saturated heterocycles. The topological polar surface area (TPSA) is 50.9 Å². The summed E-state index contributed by atoms with van der Waals surface area (Å²) in [4.78, 5) is 4.11. The van der Waals surface area contributed by atoms with Gasteiger partial charge in [0.2, 0.25) is 0 Å². The highest BCUT2D eigenvalue weighted by Gasteiger charge is 2.00. The van der Waals surface area contributed by atoms with E-state index in [1.807, 2.05) is 13.0 Å². The zero-order chi connectivity index (χ0) is 9.68. The minimum absolute atomic E-state index is 0.581. The zero-order valence-electron chi connectivity index (χ0n) is 7.89. The van der Waals surface area contributed by atoms with Crippen LogP contribution in [0.2, 0.25) is 0 Å². The normalized spacial score (nSPS) is 8.77. The monoisotopic (exact) mass is 175 g/mol. The third kappa shape index (κ3) is 2.38. The van der Waals surface area contributed by atoms with Crippen LogP contribution >= 0.6 is 0 Å². The van der Waals surface area contributed by atoms with E-state index in [4.69, 9.17) is 5.73 Å². The second-order valence-electron chi connectivity index (χ2n) is 2.67. The molecule has 0 unspecified atom stereocenters. The molecule has 1 aromatic heterocycles. The summed E-state index contributed by atoms with van der Waals surface area (Å²) in [6, 6.07) is 1.88. The average molecular weight is 175 g/mol. The molecular formula is C10H13N3. The van der Waals surface area contributed by atoms with Crippen molar-refractivity contribution in [3.63, 3.8) is 0 Å². The second-order valence-corrected chi connectivity index (χ2v) is 2.67. The molecule has 3 nitrogen and oxygen atoms in total. The highest BCUT2D eigenvalue weighted by molar-refractivity contribution is 5.65. The highest BCUT2D eigenvalue weighted by atomic mass is 15.0. The van der Waals surface area contributed by atoms with Crippen molar-refractivity contribution in [2.24, 2.45) is 0 Å². The Morgan fingerprint density at radius 1 is 1.62 bits per heavy atom. The molecule has 0 aliphatic heterocycles. The number of pyridine rings is 1. The first-order valence-corrected chi connectivity index (χ1v) is 4.10. The molecule has 0 amide bonds. The van der Waals surface area contributed by atoms with Gasteiger partial charge in [-0.15, -0.1) is 5.92 Å². The number of nitrogens with zero attached hydrogens (tertiary/aromatic N) is 1. The Bertz CT molecular complexity index is 347. The van der Waals surface area contributed by atoms with E-state index in [9.17, 15) is 0 Å². The van der Waals surface area contributed by atoms with Crippen LogP contribution in [-0.4, -0.2) is 11.5 Å². The van der Waals surface area contributed by atoms with Crippen molar-refractivity contribution in [1.29, 1.82) is 0 Å². The smallest absolute Gasteiger partial charge is 0.150 e. The minimum atomic E-state index is 0.581. The third-order valence-electron chi connectivity index (χ3n) is 1.73. The summed E-state index contributed by atoms with van der Waals surface area (Å²) in [7, 11) is 0. The van der Waals surface area contributed by atoms with E-state index in [-0.39, 0.29) is 0 Å². The van der Waals surface area contributed by atoms with E-state index in [0.29, 0.717) is 18.1 Å². The van der Waals surface area contributed by atoms with Crippen molar-refractivity contribution in [3.05, 3.63) is 17.8 Å². The van der Waals surface area contributed by atoms with Gasteiger partial charge in [-0.2, -0.15) is 0 Å². The van der Waals surface area contributed by atoms with Gasteiger partial charge in [0, 0.05) is 6.20 Å². The summed E-state index contributed by atoms with van der Waals surface area (Å²) >= 11 is 0. The molecule has 0 atom stereocenters. The molecular weight excluding hydrogens is 162 g/mol. The Morgan fingerprint density at radius 2 is 2.38 bits per heavy atom. The van der Waals surface area contributed by atoms with E-state index in [2.05, 4.69) is 22.1 Å². The molecule has 0 spiro atoms. The van der Waals surface area contributed by atoms with Gasteiger partial charge in [-0.1, -0.05) is 5.92 Å².